The lowest BCUT2D eigenvalue weighted by Crippen LogP contribution is -2.48. The van der Waals surface area contributed by atoms with E-state index >= 15 is 0 Å². The molecule has 2 saturated carbocycles. The lowest BCUT2D eigenvalue weighted by Gasteiger charge is -2.41. The number of hydrogen-bond donors (Lipinski definition) is 0. The topological polar surface area (TPSA) is 27.7 Å². The summed E-state index contributed by atoms with van der Waals surface area (Å²) in [7, 11) is 0. The maximum absolute atomic E-state index is 5.95. The van der Waals surface area contributed by atoms with Crippen LogP contribution in [-0.2, 0) is 14.2 Å². The third-order valence-electron chi connectivity index (χ3n) is 4.58. The average Bonchev–Trinajstić information content (AvgIpc) is 2.99. The highest BCUT2D eigenvalue weighted by atomic mass is 16.9. The normalized spacial score (nSPS) is 32.4. The first-order valence-corrected chi connectivity index (χ1v) is 7.77. The maximum atomic E-state index is 5.95. The monoisotopic (exact) mass is 268 g/mol. The molecule has 3 heteroatoms. The second-order valence-electron chi connectivity index (χ2n) is 5.51. The Labute approximate surface area is 117 Å². The molecule has 0 aliphatic heterocycles. The number of ether oxygens (including phenoxy) is 3. The van der Waals surface area contributed by atoms with Gasteiger partial charge in [-0.25, -0.2) is 0 Å². The molecule has 3 atom stereocenters. The summed E-state index contributed by atoms with van der Waals surface area (Å²) in [6.45, 7) is 10.1. The van der Waals surface area contributed by atoms with Gasteiger partial charge in [0.25, 0.3) is 5.97 Å². The minimum absolute atomic E-state index is 0.376. The zero-order chi connectivity index (χ0) is 13.9. The molecule has 0 heterocycles. The number of allylic oxidation sites excluding steroid dienone is 2. The fraction of sp³-hybridized carbons (Fsp3) is 0.875. The molecule has 0 saturated heterocycles. The highest BCUT2D eigenvalue weighted by molar-refractivity contribution is 5.18. The highest BCUT2D eigenvalue weighted by Crippen LogP contribution is 2.56. The molecule has 3 nitrogen and oxygen atoms in total. The van der Waals surface area contributed by atoms with Crippen LogP contribution in [0.3, 0.4) is 0 Å². The molecule has 110 valence electrons. The van der Waals surface area contributed by atoms with Crippen molar-refractivity contribution in [2.24, 2.45) is 17.8 Å². The molecular weight excluding hydrogens is 240 g/mol. The first kappa shape index (κ1) is 15.0. The molecule has 0 spiro atoms. The van der Waals surface area contributed by atoms with Gasteiger partial charge in [0.05, 0.1) is 0 Å². The summed E-state index contributed by atoms with van der Waals surface area (Å²) in [6.07, 6.45) is 5.91. The molecule has 0 aromatic rings. The molecule has 19 heavy (non-hydrogen) atoms. The van der Waals surface area contributed by atoms with E-state index in [1.54, 1.807) is 5.57 Å². The van der Waals surface area contributed by atoms with Crippen LogP contribution in [0.1, 0.15) is 47.0 Å². The second-order valence-corrected chi connectivity index (χ2v) is 5.51. The quantitative estimate of drug-likeness (QED) is 0.520. The Morgan fingerprint density at radius 1 is 1.05 bits per heavy atom. The minimum Gasteiger partial charge on any atom is -0.328 e. The van der Waals surface area contributed by atoms with Gasteiger partial charge in [0.1, 0.15) is 0 Å². The molecule has 0 radical (unpaired) electrons. The van der Waals surface area contributed by atoms with E-state index in [9.17, 15) is 0 Å². The Bertz CT molecular complexity index is 307. The number of hydrogen-bond acceptors (Lipinski definition) is 3. The molecule has 2 fully saturated rings. The summed E-state index contributed by atoms with van der Waals surface area (Å²) < 4.78 is 17.9. The van der Waals surface area contributed by atoms with E-state index in [0.717, 1.165) is 12.3 Å². The van der Waals surface area contributed by atoms with Crippen molar-refractivity contribution in [1.29, 1.82) is 0 Å². The molecule has 0 aromatic heterocycles. The third kappa shape index (κ3) is 2.74. The summed E-state index contributed by atoms with van der Waals surface area (Å²) in [4.78, 5) is 0. The smallest absolute Gasteiger partial charge is 0.286 e. The number of rotatable bonds is 7. The summed E-state index contributed by atoms with van der Waals surface area (Å²) in [5, 5.41) is 0. The van der Waals surface area contributed by atoms with E-state index in [0.29, 0.717) is 31.7 Å². The van der Waals surface area contributed by atoms with Gasteiger partial charge < -0.3 is 14.2 Å². The van der Waals surface area contributed by atoms with Crippen LogP contribution in [0, 0.1) is 17.8 Å². The molecule has 2 aliphatic rings. The van der Waals surface area contributed by atoms with Gasteiger partial charge in [-0.15, -0.1) is 0 Å². The van der Waals surface area contributed by atoms with Crippen molar-refractivity contribution in [3.05, 3.63) is 11.6 Å². The van der Waals surface area contributed by atoms with E-state index in [1.165, 1.54) is 12.8 Å². The Hall–Kier alpha value is -0.380. The van der Waals surface area contributed by atoms with Gasteiger partial charge in [0.2, 0.25) is 0 Å². The Morgan fingerprint density at radius 2 is 1.63 bits per heavy atom. The van der Waals surface area contributed by atoms with Crippen molar-refractivity contribution in [2.45, 2.75) is 52.9 Å². The van der Waals surface area contributed by atoms with Gasteiger partial charge in [0, 0.05) is 25.7 Å². The van der Waals surface area contributed by atoms with Crippen LogP contribution in [-0.4, -0.2) is 25.8 Å². The first-order chi connectivity index (χ1) is 9.20. The van der Waals surface area contributed by atoms with Gasteiger partial charge in [-0.05, 0) is 58.8 Å². The molecule has 0 amide bonds. The average molecular weight is 268 g/mol. The SMILES string of the molecule is CC=C1CC2CC1CC2C(OCC)(OCC)OCC. The van der Waals surface area contributed by atoms with E-state index in [4.69, 9.17) is 14.2 Å². The van der Waals surface area contributed by atoms with Crippen LogP contribution < -0.4 is 0 Å². The van der Waals surface area contributed by atoms with Gasteiger partial charge in [0.15, 0.2) is 0 Å². The summed E-state index contributed by atoms with van der Waals surface area (Å²) >= 11 is 0. The Kier molecular flexibility index (Phi) is 5.04. The van der Waals surface area contributed by atoms with E-state index < -0.39 is 5.97 Å². The van der Waals surface area contributed by atoms with Crippen LogP contribution >= 0.6 is 0 Å². The zero-order valence-corrected chi connectivity index (χ0v) is 12.8. The molecule has 3 unspecified atom stereocenters. The fourth-order valence-electron chi connectivity index (χ4n) is 3.96. The minimum atomic E-state index is -0.809. The first-order valence-electron chi connectivity index (χ1n) is 7.77. The summed E-state index contributed by atoms with van der Waals surface area (Å²) in [5.74, 6) is 0.944. The van der Waals surface area contributed by atoms with Gasteiger partial charge in [-0.1, -0.05) is 11.6 Å². The predicted molar refractivity (Wildman–Crippen MR) is 75.7 cm³/mol. The van der Waals surface area contributed by atoms with E-state index in [1.807, 2.05) is 20.8 Å². The summed E-state index contributed by atoms with van der Waals surface area (Å²) in [6, 6.07) is 0. The molecule has 0 aromatic carbocycles. The van der Waals surface area contributed by atoms with E-state index in [-0.39, 0.29) is 0 Å². The summed E-state index contributed by atoms with van der Waals surface area (Å²) in [5.41, 5.74) is 1.62. The second kappa shape index (κ2) is 6.38. The molecule has 0 N–H and O–H groups in total. The Balaban J connectivity index is 2.16. The van der Waals surface area contributed by atoms with Crippen molar-refractivity contribution in [2.75, 3.05) is 19.8 Å². The Morgan fingerprint density at radius 3 is 2.00 bits per heavy atom. The van der Waals surface area contributed by atoms with Gasteiger partial charge >= 0.3 is 0 Å². The van der Waals surface area contributed by atoms with Crippen molar-refractivity contribution < 1.29 is 14.2 Å². The molecule has 2 rings (SSSR count). The van der Waals surface area contributed by atoms with Crippen LogP contribution in [0.15, 0.2) is 11.6 Å². The van der Waals surface area contributed by atoms with Gasteiger partial charge in [-0.3, -0.25) is 0 Å². The van der Waals surface area contributed by atoms with Crippen molar-refractivity contribution >= 4 is 0 Å². The molecule has 2 bridgehead atoms. The lowest BCUT2D eigenvalue weighted by molar-refractivity contribution is -0.406. The lowest BCUT2D eigenvalue weighted by atomic mass is 9.83. The largest absolute Gasteiger partial charge is 0.328 e. The van der Waals surface area contributed by atoms with Crippen molar-refractivity contribution in [3.8, 4) is 0 Å². The van der Waals surface area contributed by atoms with Crippen molar-refractivity contribution in [3.63, 3.8) is 0 Å². The van der Waals surface area contributed by atoms with Gasteiger partial charge in [-0.2, -0.15) is 0 Å². The molecular formula is C16H28O3. The van der Waals surface area contributed by atoms with Crippen LogP contribution in [0.2, 0.25) is 0 Å². The number of fused-ring (bicyclic) bond motifs is 2. The molecule has 2 aliphatic carbocycles. The van der Waals surface area contributed by atoms with E-state index in [2.05, 4.69) is 13.0 Å². The van der Waals surface area contributed by atoms with Crippen molar-refractivity contribution in [1.82, 2.24) is 0 Å². The highest BCUT2D eigenvalue weighted by Gasteiger charge is 2.54. The fourth-order valence-corrected chi connectivity index (χ4v) is 3.96. The third-order valence-corrected chi connectivity index (χ3v) is 4.58. The van der Waals surface area contributed by atoms with Crippen LogP contribution in [0.4, 0.5) is 0 Å². The standard InChI is InChI=1S/C16H28O3/c1-5-12-9-14-10-13(12)11-15(14)16(17-6-2,18-7-3)19-8-4/h5,13-15H,6-11H2,1-4H3. The van der Waals surface area contributed by atoms with Crippen LogP contribution in [0.5, 0.6) is 0 Å². The predicted octanol–water partition coefficient (Wildman–Crippen LogP) is 3.74. The zero-order valence-electron chi connectivity index (χ0n) is 12.8. The van der Waals surface area contributed by atoms with Crippen LogP contribution in [0.25, 0.3) is 0 Å². The maximum Gasteiger partial charge on any atom is 0.286 e.